The average Bonchev–Trinajstić information content (AvgIpc) is 2.38. The number of benzene rings is 1. The first-order chi connectivity index (χ1) is 8.70. The van der Waals surface area contributed by atoms with E-state index in [1.165, 1.54) is 0 Å². The Morgan fingerprint density at radius 1 is 1.28 bits per heavy atom. The highest BCUT2D eigenvalue weighted by atomic mass is 16.1. The SMILES string of the molecule is CCc1nc(=O)c2c(ccc3c(N)nccc32)[nH]1. The van der Waals surface area contributed by atoms with Crippen LogP contribution in [-0.2, 0) is 6.42 Å². The molecule has 5 nitrogen and oxygen atoms in total. The van der Waals surface area contributed by atoms with Crippen LogP contribution in [0.5, 0.6) is 0 Å². The van der Waals surface area contributed by atoms with Crippen LogP contribution in [0.4, 0.5) is 5.82 Å². The van der Waals surface area contributed by atoms with Crippen molar-refractivity contribution in [2.24, 2.45) is 0 Å². The van der Waals surface area contributed by atoms with Gasteiger partial charge in [0, 0.05) is 23.4 Å². The first-order valence-corrected chi connectivity index (χ1v) is 5.77. The third-order valence-corrected chi connectivity index (χ3v) is 3.04. The number of fused-ring (bicyclic) bond motifs is 3. The molecule has 0 bridgehead atoms. The fourth-order valence-corrected chi connectivity index (χ4v) is 2.14. The van der Waals surface area contributed by atoms with Crippen LogP contribution in [0, 0.1) is 0 Å². The zero-order chi connectivity index (χ0) is 12.7. The molecule has 90 valence electrons. The second-order valence-electron chi connectivity index (χ2n) is 4.12. The Morgan fingerprint density at radius 3 is 2.89 bits per heavy atom. The number of rotatable bonds is 1. The van der Waals surface area contributed by atoms with Crippen LogP contribution >= 0.6 is 0 Å². The molecular weight excluding hydrogens is 228 g/mol. The van der Waals surface area contributed by atoms with Crippen molar-refractivity contribution in [2.45, 2.75) is 13.3 Å². The van der Waals surface area contributed by atoms with Crippen LogP contribution < -0.4 is 11.3 Å². The molecule has 3 rings (SSSR count). The summed E-state index contributed by atoms with van der Waals surface area (Å²) < 4.78 is 0. The molecule has 0 fully saturated rings. The van der Waals surface area contributed by atoms with Gasteiger partial charge in [-0.2, -0.15) is 4.98 Å². The summed E-state index contributed by atoms with van der Waals surface area (Å²) in [6.45, 7) is 1.95. The number of anilines is 1. The molecule has 0 unspecified atom stereocenters. The predicted octanol–water partition coefficient (Wildman–Crippen LogP) is 1.62. The standard InChI is InChI=1S/C13H12N4O/c1-2-10-16-9-4-3-8-7(5-6-15-12(8)14)11(9)13(18)17-10/h3-6H,2H2,1H3,(H2,14,15)(H,16,17,18). The van der Waals surface area contributed by atoms with Crippen molar-refractivity contribution < 1.29 is 0 Å². The molecule has 3 N–H and O–H groups in total. The largest absolute Gasteiger partial charge is 0.383 e. The highest BCUT2D eigenvalue weighted by Gasteiger charge is 2.08. The fraction of sp³-hybridized carbons (Fsp3) is 0.154. The molecular formula is C13H12N4O. The molecule has 1 aromatic carbocycles. The summed E-state index contributed by atoms with van der Waals surface area (Å²) in [6.07, 6.45) is 2.30. The maximum absolute atomic E-state index is 12.1. The molecule has 3 aromatic rings. The van der Waals surface area contributed by atoms with Crippen molar-refractivity contribution in [2.75, 3.05) is 5.73 Å². The molecule has 2 heterocycles. The Morgan fingerprint density at radius 2 is 2.11 bits per heavy atom. The summed E-state index contributed by atoms with van der Waals surface area (Å²) in [4.78, 5) is 23.3. The van der Waals surface area contributed by atoms with Gasteiger partial charge in [0.2, 0.25) is 0 Å². The van der Waals surface area contributed by atoms with Crippen molar-refractivity contribution >= 4 is 27.5 Å². The number of nitrogens with zero attached hydrogens (tertiary/aromatic N) is 2. The van der Waals surface area contributed by atoms with E-state index in [-0.39, 0.29) is 5.56 Å². The van der Waals surface area contributed by atoms with Crippen LogP contribution in [-0.4, -0.2) is 15.0 Å². The first-order valence-electron chi connectivity index (χ1n) is 5.77. The number of nitrogens with one attached hydrogen (secondary N) is 1. The molecule has 18 heavy (non-hydrogen) atoms. The average molecular weight is 240 g/mol. The molecule has 0 saturated heterocycles. The second kappa shape index (κ2) is 3.80. The van der Waals surface area contributed by atoms with Crippen LogP contribution in [0.25, 0.3) is 21.7 Å². The van der Waals surface area contributed by atoms with Crippen molar-refractivity contribution in [3.05, 3.63) is 40.6 Å². The van der Waals surface area contributed by atoms with Crippen LogP contribution in [0.15, 0.2) is 29.2 Å². The summed E-state index contributed by atoms with van der Waals surface area (Å²) in [5.41, 5.74) is 6.37. The predicted molar refractivity (Wildman–Crippen MR) is 71.5 cm³/mol. The van der Waals surface area contributed by atoms with Crippen molar-refractivity contribution in [3.63, 3.8) is 0 Å². The van der Waals surface area contributed by atoms with Gasteiger partial charge in [0.15, 0.2) is 0 Å². The number of nitrogens with two attached hydrogens (primary N) is 1. The summed E-state index contributed by atoms with van der Waals surface area (Å²) in [5.74, 6) is 1.11. The lowest BCUT2D eigenvalue weighted by Gasteiger charge is -2.06. The van der Waals surface area contributed by atoms with Gasteiger partial charge in [-0.3, -0.25) is 4.79 Å². The van der Waals surface area contributed by atoms with Gasteiger partial charge in [0.25, 0.3) is 5.56 Å². The van der Waals surface area contributed by atoms with E-state index in [1.807, 2.05) is 19.1 Å². The van der Waals surface area contributed by atoms with Crippen molar-refractivity contribution in [3.8, 4) is 0 Å². The van der Waals surface area contributed by atoms with Crippen LogP contribution in [0.2, 0.25) is 0 Å². The van der Waals surface area contributed by atoms with Gasteiger partial charge in [-0.05, 0) is 18.2 Å². The van der Waals surface area contributed by atoms with E-state index in [0.717, 1.165) is 16.3 Å². The maximum Gasteiger partial charge on any atom is 0.281 e. The smallest absolute Gasteiger partial charge is 0.281 e. The van der Waals surface area contributed by atoms with E-state index in [2.05, 4.69) is 15.0 Å². The minimum atomic E-state index is -0.225. The number of hydrogen-bond donors (Lipinski definition) is 2. The molecule has 0 aliphatic carbocycles. The number of aryl methyl sites for hydroxylation is 1. The molecule has 0 aliphatic rings. The molecule has 0 spiro atoms. The summed E-state index contributed by atoms with van der Waals surface area (Å²) in [7, 11) is 0. The van der Waals surface area contributed by atoms with Gasteiger partial charge in [-0.25, -0.2) is 4.98 Å². The Balaban J connectivity index is 2.56. The molecule has 0 radical (unpaired) electrons. The van der Waals surface area contributed by atoms with Crippen LogP contribution in [0.3, 0.4) is 0 Å². The van der Waals surface area contributed by atoms with Gasteiger partial charge in [0.1, 0.15) is 11.6 Å². The topological polar surface area (TPSA) is 84.7 Å². The molecule has 0 atom stereocenters. The lowest BCUT2D eigenvalue weighted by Crippen LogP contribution is -2.12. The van der Waals surface area contributed by atoms with Gasteiger partial charge in [0.05, 0.1) is 10.9 Å². The molecule has 0 aliphatic heterocycles. The Bertz CT molecular complexity index is 807. The number of aromatic nitrogens is 3. The lowest BCUT2D eigenvalue weighted by atomic mass is 10.1. The molecule has 0 amide bonds. The minimum Gasteiger partial charge on any atom is -0.383 e. The fourth-order valence-electron chi connectivity index (χ4n) is 2.14. The number of H-pyrrole nitrogens is 1. The van der Waals surface area contributed by atoms with Crippen molar-refractivity contribution in [1.29, 1.82) is 0 Å². The van der Waals surface area contributed by atoms with E-state index in [9.17, 15) is 4.79 Å². The summed E-state index contributed by atoms with van der Waals surface area (Å²) in [5, 5.41) is 2.14. The minimum absolute atomic E-state index is 0.225. The number of hydrogen-bond acceptors (Lipinski definition) is 4. The van der Waals surface area contributed by atoms with Gasteiger partial charge in [-0.1, -0.05) is 6.92 Å². The summed E-state index contributed by atoms with van der Waals surface area (Å²) >= 11 is 0. The van der Waals surface area contributed by atoms with Gasteiger partial charge < -0.3 is 10.7 Å². The van der Waals surface area contributed by atoms with E-state index in [0.29, 0.717) is 23.4 Å². The number of nitrogen functional groups attached to an aromatic ring is 1. The monoisotopic (exact) mass is 240 g/mol. The van der Waals surface area contributed by atoms with E-state index in [4.69, 9.17) is 5.73 Å². The highest BCUT2D eigenvalue weighted by molar-refractivity contribution is 6.08. The zero-order valence-corrected chi connectivity index (χ0v) is 9.90. The summed E-state index contributed by atoms with van der Waals surface area (Å²) in [6, 6.07) is 5.50. The second-order valence-corrected chi connectivity index (χ2v) is 4.12. The molecule has 0 saturated carbocycles. The van der Waals surface area contributed by atoms with E-state index >= 15 is 0 Å². The van der Waals surface area contributed by atoms with Crippen LogP contribution in [0.1, 0.15) is 12.7 Å². The zero-order valence-electron chi connectivity index (χ0n) is 9.90. The molecule has 5 heteroatoms. The quantitative estimate of drug-likeness (QED) is 0.633. The number of pyridine rings is 1. The molecule has 2 aromatic heterocycles. The normalized spacial score (nSPS) is 11.2. The lowest BCUT2D eigenvalue weighted by molar-refractivity contribution is 0.945. The Kier molecular flexibility index (Phi) is 2.26. The van der Waals surface area contributed by atoms with Crippen molar-refractivity contribution in [1.82, 2.24) is 15.0 Å². The van der Waals surface area contributed by atoms with E-state index in [1.54, 1.807) is 12.3 Å². The van der Waals surface area contributed by atoms with E-state index < -0.39 is 0 Å². The number of aromatic amines is 1. The third-order valence-electron chi connectivity index (χ3n) is 3.04. The maximum atomic E-state index is 12.1. The van der Waals surface area contributed by atoms with Gasteiger partial charge in [-0.15, -0.1) is 0 Å². The highest BCUT2D eigenvalue weighted by Crippen LogP contribution is 2.24. The Labute approximate surface area is 103 Å². The van der Waals surface area contributed by atoms with Gasteiger partial charge >= 0.3 is 0 Å². The first kappa shape index (κ1) is 10.7. The Hall–Kier alpha value is -2.43. The third kappa shape index (κ3) is 1.44.